The Morgan fingerprint density at radius 1 is 0.923 bits per heavy atom. The molecule has 4 aromatic carbocycles. The molecule has 6 nitrogen and oxygen atoms in total. The van der Waals surface area contributed by atoms with Crippen molar-refractivity contribution in [1.82, 2.24) is 0 Å². The van der Waals surface area contributed by atoms with Crippen LogP contribution in [-0.4, -0.2) is 24.1 Å². The molecule has 0 fully saturated rings. The molecule has 0 aliphatic carbocycles. The Balaban J connectivity index is 1.34. The highest BCUT2D eigenvalue weighted by Crippen LogP contribution is 2.31. The lowest BCUT2D eigenvalue weighted by atomic mass is 10.0. The molecule has 194 valence electrons. The molecule has 9 heteroatoms. The zero-order valence-electron chi connectivity index (χ0n) is 20.3. The van der Waals surface area contributed by atoms with Gasteiger partial charge in [0.1, 0.15) is 11.5 Å². The van der Waals surface area contributed by atoms with Crippen molar-refractivity contribution in [3.63, 3.8) is 0 Å². The number of hydrogen-bond acceptors (Lipinski definition) is 4. The molecule has 2 amide bonds. The van der Waals surface area contributed by atoms with E-state index < -0.39 is 0 Å². The van der Waals surface area contributed by atoms with E-state index in [0.717, 1.165) is 11.1 Å². The number of hydrogen-bond donors (Lipinski definition) is 1. The van der Waals surface area contributed by atoms with Crippen molar-refractivity contribution in [2.24, 2.45) is 5.10 Å². The average molecular weight is 621 g/mol. The number of benzene rings is 4. The Morgan fingerprint density at radius 2 is 1.64 bits per heavy atom. The first-order chi connectivity index (χ1) is 18.9. The molecule has 0 bridgehead atoms. The van der Waals surface area contributed by atoms with Crippen LogP contribution in [0.1, 0.15) is 11.1 Å². The number of nitrogens with zero attached hydrogens (tertiary/aromatic N) is 2. The summed E-state index contributed by atoms with van der Waals surface area (Å²) in [5, 5.41) is 9.53. The summed E-state index contributed by atoms with van der Waals surface area (Å²) in [5.74, 6) is -0.106. The van der Waals surface area contributed by atoms with Gasteiger partial charge in [0.05, 0.1) is 25.8 Å². The quantitative estimate of drug-likeness (QED) is 0.216. The van der Waals surface area contributed by atoms with Gasteiger partial charge in [-0.25, -0.2) is 0 Å². The van der Waals surface area contributed by atoms with Gasteiger partial charge < -0.3 is 10.1 Å². The van der Waals surface area contributed by atoms with Crippen molar-refractivity contribution in [2.75, 3.05) is 16.9 Å². The second-order valence-electron chi connectivity index (χ2n) is 8.48. The number of anilines is 2. The number of rotatable bonds is 7. The van der Waals surface area contributed by atoms with E-state index in [9.17, 15) is 9.59 Å². The van der Waals surface area contributed by atoms with Crippen molar-refractivity contribution in [2.45, 2.75) is 0 Å². The fraction of sp³-hybridized carbons (Fsp3) is 0.0333. The number of nitrogens with one attached hydrogen (secondary N) is 1. The lowest BCUT2D eigenvalue weighted by Crippen LogP contribution is -2.21. The van der Waals surface area contributed by atoms with Gasteiger partial charge in [-0.05, 0) is 70.0 Å². The minimum Gasteiger partial charge on any atom is -0.483 e. The zero-order chi connectivity index (χ0) is 27.4. The van der Waals surface area contributed by atoms with Crippen LogP contribution in [0.3, 0.4) is 0 Å². The molecule has 4 aromatic rings. The minimum absolute atomic E-state index is 0.214. The fourth-order valence-corrected chi connectivity index (χ4v) is 4.71. The van der Waals surface area contributed by atoms with E-state index in [1.807, 2.05) is 72.8 Å². The molecule has 1 heterocycles. The molecule has 0 unspecified atom stereocenters. The largest absolute Gasteiger partial charge is 0.483 e. The van der Waals surface area contributed by atoms with Crippen LogP contribution >= 0.6 is 39.1 Å². The molecule has 0 saturated heterocycles. The number of ether oxygens (including phenoxy) is 1. The Hall–Kier alpha value is -3.91. The summed E-state index contributed by atoms with van der Waals surface area (Å²) >= 11 is 15.4. The van der Waals surface area contributed by atoms with Crippen molar-refractivity contribution >= 4 is 74.1 Å². The summed E-state index contributed by atoms with van der Waals surface area (Å²) < 4.78 is 6.33. The fourth-order valence-electron chi connectivity index (χ4n) is 3.90. The van der Waals surface area contributed by atoms with Gasteiger partial charge in [-0.2, -0.15) is 10.1 Å². The second kappa shape index (κ2) is 11.9. The zero-order valence-corrected chi connectivity index (χ0v) is 23.4. The third kappa shape index (κ3) is 6.23. The maximum absolute atomic E-state index is 13.5. The average Bonchev–Trinajstić information content (AvgIpc) is 3.27. The lowest BCUT2D eigenvalue weighted by molar-refractivity contribution is -0.118. The molecule has 1 N–H and O–H groups in total. The normalized spacial score (nSPS) is 13.9. The molecule has 39 heavy (non-hydrogen) atoms. The topological polar surface area (TPSA) is 71.0 Å². The Bertz CT molecular complexity index is 1610. The molecule has 1 aliphatic heterocycles. The Labute approximate surface area is 243 Å². The lowest BCUT2D eigenvalue weighted by Gasteiger charge is -2.11. The molecule has 0 spiro atoms. The summed E-state index contributed by atoms with van der Waals surface area (Å²) in [6.45, 7) is -0.214. The van der Waals surface area contributed by atoms with Crippen molar-refractivity contribution in [3.05, 3.63) is 128 Å². The van der Waals surface area contributed by atoms with E-state index in [1.54, 1.807) is 30.3 Å². The van der Waals surface area contributed by atoms with Crippen LogP contribution in [0.4, 0.5) is 11.4 Å². The molecule has 0 radical (unpaired) electrons. The summed E-state index contributed by atoms with van der Waals surface area (Å²) in [5.41, 5.74) is 3.84. The third-order valence-electron chi connectivity index (χ3n) is 5.75. The maximum Gasteiger partial charge on any atom is 0.281 e. The highest BCUT2D eigenvalue weighted by atomic mass is 79.9. The van der Waals surface area contributed by atoms with Gasteiger partial charge >= 0.3 is 0 Å². The van der Waals surface area contributed by atoms with Crippen LogP contribution in [0.25, 0.3) is 6.08 Å². The summed E-state index contributed by atoms with van der Waals surface area (Å²) in [4.78, 5) is 25.8. The first-order valence-electron chi connectivity index (χ1n) is 11.8. The van der Waals surface area contributed by atoms with Gasteiger partial charge in [0, 0.05) is 11.3 Å². The number of carbonyl (C=O) groups is 2. The van der Waals surface area contributed by atoms with Crippen LogP contribution in [0.15, 0.2) is 112 Å². The molecule has 1 aliphatic rings. The van der Waals surface area contributed by atoms with Crippen LogP contribution in [0.2, 0.25) is 10.0 Å². The van der Waals surface area contributed by atoms with Gasteiger partial charge in [0.25, 0.3) is 11.8 Å². The van der Waals surface area contributed by atoms with Gasteiger partial charge in [-0.1, -0.05) is 77.8 Å². The Morgan fingerprint density at radius 3 is 2.33 bits per heavy atom. The molecular formula is C30H20BrCl2N3O3. The molecule has 0 atom stereocenters. The third-order valence-corrected chi connectivity index (χ3v) is 7.11. The van der Waals surface area contributed by atoms with Crippen LogP contribution in [0, 0.1) is 0 Å². The highest BCUT2D eigenvalue weighted by molar-refractivity contribution is 9.10. The van der Waals surface area contributed by atoms with Gasteiger partial charge in [0.2, 0.25) is 0 Å². The number of amides is 2. The van der Waals surface area contributed by atoms with E-state index >= 15 is 0 Å². The van der Waals surface area contributed by atoms with Gasteiger partial charge in [-0.3, -0.25) is 9.59 Å². The first-order valence-corrected chi connectivity index (χ1v) is 13.4. The number of hydrazone groups is 1. The maximum atomic E-state index is 13.5. The van der Waals surface area contributed by atoms with E-state index in [0.29, 0.717) is 42.9 Å². The van der Waals surface area contributed by atoms with Crippen molar-refractivity contribution in [3.8, 4) is 5.75 Å². The van der Waals surface area contributed by atoms with Crippen molar-refractivity contribution in [1.29, 1.82) is 0 Å². The van der Waals surface area contributed by atoms with Gasteiger partial charge in [0.15, 0.2) is 6.61 Å². The monoisotopic (exact) mass is 619 g/mol. The molecule has 0 saturated carbocycles. The van der Waals surface area contributed by atoms with E-state index in [2.05, 4.69) is 26.3 Å². The first kappa shape index (κ1) is 26.7. The smallest absolute Gasteiger partial charge is 0.281 e. The Kier molecular flexibility index (Phi) is 8.12. The molecule has 5 rings (SSSR count). The van der Waals surface area contributed by atoms with Crippen molar-refractivity contribution < 1.29 is 14.3 Å². The molecule has 0 aromatic heterocycles. The second-order valence-corrected chi connectivity index (χ2v) is 10.1. The van der Waals surface area contributed by atoms with Crippen LogP contribution in [-0.2, 0) is 9.59 Å². The number of carbonyl (C=O) groups excluding carboxylic acids is 2. The summed E-state index contributed by atoms with van der Waals surface area (Å²) in [6, 6.07) is 29.1. The molecular weight excluding hydrogens is 601 g/mol. The SMILES string of the molecule is O=C(COc1ccc(/C=C2\C(=O)N(c3ccccc3)N=C2c2ccccc2)cc1Br)Nc1ccc(Cl)c(Cl)c1. The van der Waals surface area contributed by atoms with Gasteiger partial charge in [-0.15, -0.1) is 0 Å². The van der Waals surface area contributed by atoms with Crippen LogP contribution in [0.5, 0.6) is 5.75 Å². The van der Waals surface area contributed by atoms with E-state index in [4.69, 9.17) is 27.9 Å². The predicted octanol–water partition coefficient (Wildman–Crippen LogP) is 7.61. The summed E-state index contributed by atoms with van der Waals surface area (Å²) in [7, 11) is 0. The predicted molar refractivity (Wildman–Crippen MR) is 160 cm³/mol. The van der Waals surface area contributed by atoms with E-state index in [1.165, 1.54) is 5.01 Å². The number of para-hydroxylation sites is 1. The minimum atomic E-state index is -0.354. The highest BCUT2D eigenvalue weighted by Gasteiger charge is 2.32. The standard InChI is InChI=1S/C30H20BrCl2N3O3/c31-24-16-19(11-14-27(24)39-18-28(37)34-21-12-13-25(32)26(33)17-21)15-23-29(20-7-3-1-4-8-20)35-36(30(23)38)22-9-5-2-6-10-22/h1-17H,18H2,(H,34,37)/b23-15-. The van der Waals surface area contributed by atoms with Crippen LogP contribution < -0.4 is 15.1 Å². The van der Waals surface area contributed by atoms with E-state index in [-0.39, 0.29) is 18.4 Å². The summed E-state index contributed by atoms with van der Waals surface area (Å²) in [6.07, 6.45) is 1.79. The number of halogens is 3.